The van der Waals surface area contributed by atoms with E-state index in [1.54, 1.807) is 18.6 Å². The van der Waals surface area contributed by atoms with Gasteiger partial charge in [-0.25, -0.2) is 24.9 Å². The van der Waals surface area contributed by atoms with E-state index in [-0.39, 0.29) is 0 Å². The zero-order valence-corrected chi connectivity index (χ0v) is 11.8. The van der Waals surface area contributed by atoms with Crippen molar-refractivity contribution in [3.8, 4) is 11.4 Å². The summed E-state index contributed by atoms with van der Waals surface area (Å²) in [4.78, 5) is 22.0. The molecule has 0 aliphatic carbocycles. The number of furan rings is 1. The maximum atomic E-state index is 5.63. The van der Waals surface area contributed by atoms with Gasteiger partial charge in [-0.3, -0.25) is 0 Å². The van der Waals surface area contributed by atoms with Crippen molar-refractivity contribution < 1.29 is 4.42 Å². The van der Waals surface area contributed by atoms with Crippen LogP contribution in [0, 0.1) is 0 Å². The Morgan fingerprint density at radius 1 is 0.696 bits per heavy atom. The highest BCUT2D eigenvalue weighted by Gasteiger charge is 2.13. The summed E-state index contributed by atoms with van der Waals surface area (Å²) in [7, 11) is 0. The summed E-state index contributed by atoms with van der Waals surface area (Å²) in [6.07, 6.45) is 4.87. The van der Waals surface area contributed by atoms with Crippen molar-refractivity contribution in [3.63, 3.8) is 0 Å². The maximum absolute atomic E-state index is 5.63. The van der Waals surface area contributed by atoms with Gasteiger partial charge in [-0.1, -0.05) is 24.3 Å². The Bertz CT molecular complexity index is 1180. The Labute approximate surface area is 129 Å². The molecule has 5 rings (SSSR count). The van der Waals surface area contributed by atoms with Gasteiger partial charge in [0.25, 0.3) is 0 Å². The maximum Gasteiger partial charge on any atom is 0.250 e. The first-order chi connectivity index (χ1) is 11.4. The molecule has 0 N–H and O–H groups in total. The van der Waals surface area contributed by atoms with Gasteiger partial charge in [0.15, 0.2) is 11.0 Å². The van der Waals surface area contributed by atoms with E-state index in [9.17, 15) is 0 Å². The van der Waals surface area contributed by atoms with Crippen LogP contribution in [0.5, 0.6) is 0 Å². The normalized spacial score (nSPS) is 11.5. The molecule has 0 radical (unpaired) electrons. The Morgan fingerprint density at radius 2 is 1.57 bits per heavy atom. The van der Waals surface area contributed by atoms with Gasteiger partial charge in [-0.15, -0.1) is 0 Å². The Balaban J connectivity index is 1.73. The third-order valence-electron chi connectivity index (χ3n) is 3.68. The molecule has 23 heavy (non-hydrogen) atoms. The molecule has 4 heterocycles. The lowest BCUT2D eigenvalue weighted by Gasteiger charge is -2.01. The van der Waals surface area contributed by atoms with Gasteiger partial charge in [-0.2, -0.15) is 0 Å². The lowest BCUT2D eigenvalue weighted by Crippen LogP contribution is -1.90. The van der Waals surface area contributed by atoms with Crippen LogP contribution in [0.2, 0.25) is 0 Å². The van der Waals surface area contributed by atoms with Gasteiger partial charge < -0.3 is 4.42 Å². The van der Waals surface area contributed by atoms with Crippen LogP contribution in [-0.4, -0.2) is 24.9 Å². The first-order valence-electron chi connectivity index (χ1n) is 7.11. The van der Waals surface area contributed by atoms with E-state index in [0.29, 0.717) is 28.2 Å². The number of nitrogens with zero attached hydrogens (tertiary/aromatic N) is 5. The molecule has 0 aliphatic rings. The van der Waals surface area contributed by atoms with Gasteiger partial charge in [0.1, 0.15) is 5.69 Å². The summed E-state index contributed by atoms with van der Waals surface area (Å²) in [5, 5.41) is 1.09. The molecule has 0 spiro atoms. The van der Waals surface area contributed by atoms with Gasteiger partial charge in [0, 0.05) is 17.8 Å². The summed E-state index contributed by atoms with van der Waals surface area (Å²) in [5.41, 5.74) is 4.40. The molecule has 5 aromatic rings. The highest BCUT2D eigenvalue weighted by Crippen LogP contribution is 2.25. The van der Waals surface area contributed by atoms with Crippen LogP contribution >= 0.6 is 0 Å². The van der Waals surface area contributed by atoms with Crippen molar-refractivity contribution in [1.29, 1.82) is 0 Å². The largest absolute Gasteiger partial charge is 0.416 e. The fourth-order valence-corrected chi connectivity index (χ4v) is 2.59. The molecule has 0 unspecified atom stereocenters. The monoisotopic (exact) mass is 299 g/mol. The molecule has 0 amide bonds. The van der Waals surface area contributed by atoms with Crippen molar-refractivity contribution >= 4 is 33.4 Å². The predicted octanol–water partition coefficient (Wildman–Crippen LogP) is 3.38. The number of para-hydroxylation sites is 1. The molecule has 6 heteroatoms. The summed E-state index contributed by atoms with van der Waals surface area (Å²) >= 11 is 0. The van der Waals surface area contributed by atoms with Crippen molar-refractivity contribution in [2.45, 2.75) is 0 Å². The highest BCUT2D eigenvalue weighted by molar-refractivity contribution is 5.96. The van der Waals surface area contributed by atoms with E-state index in [4.69, 9.17) is 4.42 Å². The van der Waals surface area contributed by atoms with E-state index < -0.39 is 0 Å². The fraction of sp³-hybridized carbons (Fsp3) is 0. The van der Waals surface area contributed by atoms with E-state index in [0.717, 1.165) is 16.6 Å². The molecule has 0 saturated heterocycles. The molecule has 0 aliphatic heterocycles. The number of pyridine rings is 1. The third kappa shape index (κ3) is 1.85. The minimum absolute atomic E-state index is 0.415. The van der Waals surface area contributed by atoms with E-state index >= 15 is 0 Å². The SMILES string of the molecule is c1ccc2nc(-c3cnc4c(n3)oc3nccnc34)ccc2c1. The molecule has 0 fully saturated rings. The number of hydrogen-bond acceptors (Lipinski definition) is 6. The second kappa shape index (κ2) is 4.54. The summed E-state index contributed by atoms with van der Waals surface area (Å²) in [5.74, 6) is 0. The Hall–Kier alpha value is -3.41. The van der Waals surface area contributed by atoms with Crippen LogP contribution in [0.15, 0.2) is 59.4 Å². The zero-order valence-electron chi connectivity index (χ0n) is 11.8. The van der Waals surface area contributed by atoms with Crippen molar-refractivity contribution in [1.82, 2.24) is 24.9 Å². The highest BCUT2D eigenvalue weighted by atomic mass is 16.3. The fourth-order valence-electron chi connectivity index (χ4n) is 2.59. The number of aromatic nitrogens is 5. The molecule has 0 saturated carbocycles. The lowest BCUT2D eigenvalue weighted by atomic mass is 10.2. The topological polar surface area (TPSA) is 77.6 Å². The minimum atomic E-state index is 0.415. The smallest absolute Gasteiger partial charge is 0.250 e. The zero-order chi connectivity index (χ0) is 15.2. The van der Waals surface area contributed by atoms with Crippen molar-refractivity contribution in [2.24, 2.45) is 0 Å². The number of rotatable bonds is 1. The molecular weight excluding hydrogens is 290 g/mol. The van der Waals surface area contributed by atoms with E-state index in [1.807, 2.05) is 36.4 Å². The van der Waals surface area contributed by atoms with Crippen molar-refractivity contribution in [3.05, 3.63) is 55.0 Å². The molecule has 0 bridgehead atoms. The van der Waals surface area contributed by atoms with Gasteiger partial charge in [-0.05, 0) is 12.1 Å². The van der Waals surface area contributed by atoms with Crippen LogP contribution in [0.1, 0.15) is 0 Å². The average molecular weight is 299 g/mol. The summed E-state index contributed by atoms with van der Waals surface area (Å²) in [6, 6.07) is 11.9. The standard InChI is InChI=1S/C17H9N5O/c1-2-4-11-10(3-1)5-6-12(21-11)13-9-20-15-14-16(19-8-7-18-14)23-17(15)22-13/h1-9H. The third-order valence-corrected chi connectivity index (χ3v) is 3.68. The number of benzene rings is 1. The summed E-state index contributed by atoms with van der Waals surface area (Å²) in [6.45, 7) is 0. The van der Waals surface area contributed by atoms with E-state index in [1.165, 1.54) is 0 Å². The van der Waals surface area contributed by atoms with Crippen LogP contribution in [0.25, 0.3) is 44.8 Å². The number of fused-ring (bicyclic) bond motifs is 4. The van der Waals surface area contributed by atoms with E-state index in [2.05, 4.69) is 24.9 Å². The molecule has 0 atom stereocenters. The first-order valence-corrected chi connectivity index (χ1v) is 7.11. The van der Waals surface area contributed by atoms with Crippen LogP contribution in [0.4, 0.5) is 0 Å². The first kappa shape index (κ1) is 12.2. The summed E-state index contributed by atoms with van der Waals surface area (Å²) < 4.78 is 5.63. The molecule has 6 nitrogen and oxygen atoms in total. The van der Waals surface area contributed by atoms with Crippen LogP contribution in [0.3, 0.4) is 0 Å². The van der Waals surface area contributed by atoms with Gasteiger partial charge in [0.05, 0.1) is 17.4 Å². The average Bonchev–Trinajstić information content (AvgIpc) is 2.99. The molecular formula is C17H9N5O. The van der Waals surface area contributed by atoms with Crippen molar-refractivity contribution in [2.75, 3.05) is 0 Å². The molecule has 108 valence electrons. The molecule has 4 aromatic heterocycles. The Kier molecular flexibility index (Phi) is 2.40. The second-order valence-electron chi connectivity index (χ2n) is 5.11. The lowest BCUT2D eigenvalue weighted by molar-refractivity contribution is 0.638. The molecule has 1 aromatic carbocycles. The number of hydrogen-bond donors (Lipinski definition) is 0. The van der Waals surface area contributed by atoms with Gasteiger partial charge in [0.2, 0.25) is 11.4 Å². The minimum Gasteiger partial charge on any atom is -0.416 e. The van der Waals surface area contributed by atoms with Crippen LogP contribution < -0.4 is 0 Å². The second-order valence-corrected chi connectivity index (χ2v) is 5.11. The van der Waals surface area contributed by atoms with Crippen LogP contribution in [-0.2, 0) is 0 Å². The Morgan fingerprint density at radius 3 is 2.57 bits per heavy atom. The quantitative estimate of drug-likeness (QED) is 0.472. The predicted molar refractivity (Wildman–Crippen MR) is 85.6 cm³/mol. The van der Waals surface area contributed by atoms with Gasteiger partial charge >= 0.3 is 0 Å².